The molecule has 0 amide bonds. The molecule has 0 radical (unpaired) electrons. The summed E-state index contributed by atoms with van der Waals surface area (Å²) in [7, 11) is 0. The number of aliphatic imine (C=N–C) groups is 1. The summed E-state index contributed by atoms with van der Waals surface area (Å²) in [5, 5.41) is 0. The van der Waals surface area contributed by atoms with E-state index in [0.29, 0.717) is 6.54 Å². The minimum atomic E-state index is 0.330. The molecule has 0 bridgehead atoms. The minimum absolute atomic E-state index is 0.330. The quantitative estimate of drug-likeness (QED) is 0.593. The van der Waals surface area contributed by atoms with Crippen molar-refractivity contribution in [3.05, 3.63) is 27.4 Å². The molecule has 0 N–H and O–H groups in total. The maximum atomic E-state index is 9.81. The lowest BCUT2D eigenvalue weighted by molar-refractivity contribution is 0.564. The van der Waals surface area contributed by atoms with E-state index in [2.05, 4.69) is 27.5 Å². The number of isocyanates is 1. The normalized spacial score (nSPS) is 9.08. The summed E-state index contributed by atoms with van der Waals surface area (Å²) < 4.78 is 1.05. The van der Waals surface area contributed by atoms with Gasteiger partial charge in [-0.25, -0.2) is 9.79 Å². The van der Waals surface area contributed by atoms with Gasteiger partial charge < -0.3 is 0 Å². The summed E-state index contributed by atoms with van der Waals surface area (Å²) in [5.41, 5.74) is 0.842. The fourth-order valence-electron chi connectivity index (χ4n) is 0.710. The number of rotatable bonds is 3. The molecule has 0 spiro atoms. The van der Waals surface area contributed by atoms with Gasteiger partial charge in [0.25, 0.3) is 0 Å². The Labute approximate surface area is 82.8 Å². The Hall–Kier alpha value is -0.700. The molecule has 0 aliphatic carbocycles. The van der Waals surface area contributed by atoms with E-state index in [-0.39, 0.29) is 0 Å². The van der Waals surface area contributed by atoms with Crippen molar-refractivity contribution in [2.24, 2.45) is 4.99 Å². The predicted molar refractivity (Wildman–Crippen MR) is 54.0 cm³/mol. The molecule has 12 heavy (non-hydrogen) atoms. The predicted octanol–water partition coefficient (Wildman–Crippen LogP) is 2.86. The molecule has 1 aromatic rings. The van der Waals surface area contributed by atoms with Crippen LogP contribution in [-0.2, 0) is 4.79 Å². The summed E-state index contributed by atoms with van der Waals surface area (Å²) in [6, 6.07) is 3.88. The number of nitrogens with zero attached hydrogens (tertiary/aromatic N) is 1. The molecule has 0 saturated heterocycles. The van der Waals surface area contributed by atoms with Gasteiger partial charge in [0.05, 0.1) is 10.3 Å². The smallest absolute Gasteiger partial charge is 0.211 e. The van der Waals surface area contributed by atoms with Gasteiger partial charge in [0, 0.05) is 4.88 Å². The number of halogens is 1. The Balaban J connectivity index is 2.71. The lowest BCUT2D eigenvalue weighted by atomic mass is 10.2. The highest BCUT2D eigenvalue weighted by Crippen LogP contribution is 2.26. The summed E-state index contributed by atoms with van der Waals surface area (Å²) in [6.45, 7) is 4.12. The van der Waals surface area contributed by atoms with Crippen LogP contribution < -0.4 is 0 Å². The standard InChI is InChI=1S/C8H6BrNOS/c1-6(4-10-5-11)7-2-3-8(9)12-7/h2-3H,1,4H2. The first-order valence-electron chi connectivity index (χ1n) is 3.21. The molecule has 0 aliphatic rings. The van der Waals surface area contributed by atoms with Crippen LogP contribution in [0.1, 0.15) is 4.88 Å². The van der Waals surface area contributed by atoms with Gasteiger partial charge in [-0.3, -0.25) is 0 Å². The second-order valence-electron chi connectivity index (χ2n) is 2.11. The van der Waals surface area contributed by atoms with Crippen LogP contribution in [0.5, 0.6) is 0 Å². The van der Waals surface area contributed by atoms with Crippen molar-refractivity contribution in [1.82, 2.24) is 0 Å². The van der Waals surface area contributed by atoms with Gasteiger partial charge in [-0.15, -0.1) is 11.3 Å². The molecular formula is C8H6BrNOS. The van der Waals surface area contributed by atoms with E-state index in [0.717, 1.165) is 14.2 Å². The molecular weight excluding hydrogens is 238 g/mol. The number of hydrogen-bond donors (Lipinski definition) is 0. The molecule has 0 atom stereocenters. The highest BCUT2D eigenvalue weighted by molar-refractivity contribution is 9.11. The zero-order valence-electron chi connectivity index (χ0n) is 6.21. The van der Waals surface area contributed by atoms with E-state index in [1.54, 1.807) is 11.3 Å². The van der Waals surface area contributed by atoms with Crippen LogP contribution in [0.4, 0.5) is 0 Å². The number of thiophene rings is 1. The van der Waals surface area contributed by atoms with E-state index in [4.69, 9.17) is 0 Å². The molecule has 2 nitrogen and oxygen atoms in total. The van der Waals surface area contributed by atoms with Crippen molar-refractivity contribution >= 4 is 38.9 Å². The Bertz CT molecular complexity index is 339. The van der Waals surface area contributed by atoms with E-state index < -0.39 is 0 Å². The Morgan fingerprint density at radius 1 is 1.75 bits per heavy atom. The first-order chi connectivity index (χ1) is 5.74. The lowest BCUT2D eigenvalue weighted by Crippen LogP contribution is -1.81. The summed E-state index contributed by atoms with van der Waals surface area (Å²) in [6.07, 6.45) is 1.48. The molecule has 0 unspecified atom stereocenters. The maximum Gasteiger partial charge on any atom is 0.235 e. The van der Waals surface area contributed by atoms with Crippen LogP contribution in [-0.4, -0.2) is 12.6 Å². The highest BCUT2D eigenvalue weighted by Gasteiger charge is 2.00. The van der Waals surface area contributed by atoms with Gasteiger partial charge >= 0.3 is 0 Å². The van der Waals surface area contributed by atoms with Gasteiger partial charge in [0.2, 0.25) is 6.08 Å². The molecule has 1 rings (SSSR count). The lowest BCUT2D eigenvalue weighted by Gasteiger charge is -1.93. The van der Waals surface area contributed by atoms with Crippen molar-refractivity contribution in [3.63, 3.8) is 0 Å². The van der Waals surface area contributed by atoms with Gasteiger partial charge in [-0.05, 0) is 33.6 Å². The average molecular weight is 244 g/mol. The van der Waals surface area contributed by atoms with Crippen molar-refractivity contribution in [3.8, 4) is 0 Å². The van der Waals surface area contributed by atoms with Crippen LogP contribution >= 0.6 is 27.3 Å². The van der Waals surface area contributed by atoms with Crippen LogP contribution in [0, 0.1) is 0 Å². The highest BCUT2D eigenvalue weighted by atomic mass is 79.9. The molecule has 0 aliphatic heterocycles. The second kappa shape index (κ2) is 4.36. The SMILES string of the molecule is C=C(CN=C=O)c1ccc(Br)s1. The third kappa shape index (κ3) is 2.41. The summed E-state index contributed by atoms with van der Waals surface area (Å²) >= 11 is 4.91. The molecule has 4 heteroatoms. The van der Waals surface area contributed by atoms with Crippen molar-refractivity contribution in [2.75, 3.05) is 6.54 Å². The molecule has 0 fully saturated rings. The van der Waals surface area contributed by atoms with Gasteiger partial charge in [-0.2, -0.15) is 0 Å². The van der Waals surface area contributed by atoms with E-state index >= 15 is 0 Å². The third-order valence-electron chi connectivity index (χ3n) is 1.26. The van der Waals surface area contributed by atoms with Crippen LogP contribution in [0.25, 0.3) is 5.57 Å². The summed E-state index contributed by atoms with van der Waals surface area (Å²) in [5.74, 6) is 0. The van der Waals surface area contributed by atoms with Crippen molar-refractivity contribution in [2.45, 2.75) is 0 Å². The number of carbonyl (C=O) groups excluding carboxylic acids is 1. The monoisotopic (exact) mass is 243 g/mol. The Morgan fingerprint density at radius 2 is 2.50 bits per heavy atom. The average Bonchev–Trinajstić information content (AvgIpc) is 2.47. The molecule has 0 aromatic carbocycles. The molecule has 0 saturated carbocycles. The maximum absolute atomic E-state index is 9.81. The zero-order chi connectivity index (χ0) is 8.97. The minimum Gasteiger partial charge on any atom is -0.211 e. The summed E-state index contributed by atoms with van der Waals surface area (Å²) in [4.78, 5) is 14.3. The zero-order valence-corrected chi connectivity index (χ0v) is 8.61. The van der Waals surface area contributed by atoms with Crippen LogP contribution in [0.3, 0.4) is 0 Å². The Morgan fingerprint density at radius 3 is 3.00 bits per heavy atom. The Kier molecular flexibility index (Phi) is 3.41. The topological polar surface area (TPSA) is 29.4 Å². The molecule has 1 heterocycles. The first kappa shape index (κ1) is 9.39. The second-order valence-corrected chi connectivity index (χ2v) is 4.58. The molecule has 62 valence electrons. The van der Waals surface area contributed by atoms with Gasteiger partial charge in [-0.1, -0.05) is 6.58 Å². The van der Waals surface area contributed by atoms with E-state index in [9.17, 15) is 4.79 Å². The number of hydrogen-bond acceptors (Lipinski definition) is 3. The van der Waals surface area contributed by atoms with E-state index in [1.165, 1.54) is 6.08 Å². The fourth-order valence-corrected chi connectivity index (χ4v) is 2.06. The first-order valence-corrected chi connectivity index (χ1v) is 4.82. The van der Waals surface area contributed by atoms with Crippen molar-refractivity contribution in [1.29, 1.82) is 0 Å². The third-order valence-corrected chi connectivity index (χ3v) is 2.98. The van der Waals surface area contributed by atoms with E-state index in [1.807, 2.05) is 12.1 Å². The van der Waals surface area contributed by atoms with Gasteiger partial charge in [0.1, 0.15) is 0 Å². The van der Waals surface area contributed by atoms with Gasteiger partial charge in [0.15, 0.2) is 0 Å². The largest absolute Gasteiger partial charge is 0.235 e. The fraction of sp³-hybridized carbons (Fsp3) is 0.125. The van der Waals surface area contributed by atoms with Crippen LogP contribution in [0.15, 0.2) is 27.5 Å². The molecule has 1 aromatic heterocycles. The van der Waals surface area contributed by atoms with Crippen molar-refractivity contribution < 1.29 is 4.79 Å². The van der Waals surface area contributed by atoms with Crippen LogP contribution in [0.2, 0.25) is 0 Å².